The first-order valence-electron chi connectivity index (χ1n) is 7.20. The van der Waals surface area contributed by atoms with Crippen LogP contribution in [0.1, 0.15) is 23.0 Å². The zero-order valence-corrected chi connectivity index (χ0v) is 12.6. The second-order valence-electron chi connectivity index (χ2n) is 5.15. The van der Waals surface area contributed by atoms with Crippen molar-refractivity contribution in [2.75, 3.05) is 5.32 Å². The number of rotatable bonds is 4. The number of carbonyl (C=O) groups is 2. The fourth-order valence-corrected chi connectivity index (χ4v) is 2.31. The van der Waals surface area contributed by atoms with Gasteiger partial charge in [-0.2, -0.15) is 0 Å². The number of pyridine rings is 1. The summed E-state index contributed by atoms with van der Waals surface area (Å²) in [6.07, 6.45) is 3.39. The Bertz CT molecular complexity index is 870. The van der Waals surface area contributed by atoms with Crippen molar-refractivity contribution in [1.82, 2.24) is 15.3 Å². The minimum absolute atomic E-state index is 0.139. The van der Waals surface area contributed by atoms with Crippen molar-refractivity contribution in [3.05, 3.63) is 60.0 Å². The van der Waals surface area contributed by atoms with E-state index in [-0.39, 0.29) is 11.8 Å². The number of aromatic nitrogens is 2. The number of fused-ring (bicyclic) bond motifs is 1. The van der Waals surface area contributed by atoms with E-state index in [0.717, 1.165) is 16.6 Å². The Morgan fingerprint density at radius 1 is 1.22 bits per heavy atom. The van der Waals surface area contributed by atoms with Gasteiger partial charge >= 0.3 is 0 Å². The van der Waals surface area contributed by atoms with Gasteiger partial charge in [0.2, 0.25) is 5.91 Å². The SMILES string of the molecule is CC(=O)NCc1cc(C(=O)Nc2cccc3cc[nH]c23)ccn1. The number of anilines is 1. The Hall–Kier alpha value is -3.15. The number of benzene rings is 1. The van der Waals surface area contributed by atoms with Gasteiger partial charge in [-0.15, -0.1) is 0 Å². The largest absolute Gasteiger partial charge is 0.359 e. The minimum atomic E-state index is -0.224. The predicted molar refractivity (Wildman–Crippen MR) is 88.0 cm³/mol. The van der Waals surface area contributed by atoms with Gasteiger partial charge in [-0.05, 0) is 24.3 Å². The van der Waals surface area contributed by atoms with Crippen LogP contribution in [0.4, 0.5) is 5.69 Å². The van der Waals surface area contributed by atoms with Gasteiger partial charge in [-0.25, -0.2) is 0 Å². The summed E-state index contributed by atoms with van der Waals surface area (Å²) in [4.78, 5) is 30.6. The normalized spacial score (nSPS) is 10.5. The summed E-state index contributed by atoms with van der Waals surface area (Å²) in [5, 5.41) is 6.59. The fraction of sp³-hybridized carbons (Fsp3) is 0.118. The van der Waals surface area contributed by atoms with E-state index in [9.17, 15) is 9.59 Å². The third-order valence-corrected chi connectivity index (χ3v) is 3.43. The summed E-state index contributed by atoms with van der Waals surface area (Å²) in [6, 6.07) is 11.0. The van der Waals surface area contributed by atoms with Crippen molar-refractivity contribution in [3.8, 4) is 0 Å². The van der Waals surface area contributed by atoms with Crippen LogP contribution in [0, 0.1) is 0 Å². The molecule has 0 saturated heterocycles. The summed E-state index contributed by atoms with van der Waals surface area (Å²) in [5.74, 6) is -0.362. The molecule has 0 atom stereocenters. The van der Waals surface area contributed by atoms with Gasteiger partial charge in [0.15, 0.2) is 0 Å². The van der Waals surface area contributed by atoms with Gasteiger partial charge in [0.05, 0.1) is 23.4 Å². The molecule has 6 heteroatoms. The molecule has 2 aromatic heterocycles. The van der Waals surface area contributed by atoms with Crippen LogP contribution in [0.2, 0.25) is 0 Å². The van der Waals surface area contributed by atoms with Gasteiger partial charge < -0.3 is 15.6 Å². The van der Waals surface area contributed by atoms with Crippen LogP contribution in [-0.2, 0) is 11.3 Å². The number of nitrogens with one attached hydrogen (secondary N) is 3. The van der Waals surface area contributed by atoms with Crippen LogP contribution in [0.3, 0.4) is 0 Å². The van der Waals surface area contributed by atoms with Gasteiger partial charge in [0.25, 0.3) is 5.91 Å². The van der Waals surface area contributed by atoms with Crippen LogP contribution < -0.4 is 10.6 Å². The highest BCUT2D eigenvalue weighted by Gasteiger charge is 2.10. The van der Waals surface area contributed by atoms with Crippen LogP contribution >= 0.6 is 0 Å². The second kappa shape index (κ2) is 6.31. The lowest BCUT2D eigenvalue weighted by atomic mass is 10.2. The first-order chi connectivity index (χ1) is 11.1. The molecule has 2 heterocycles. The molecule has 0 saturated carbocycles. The van der Waals surface area contributed by atoms with E-state index in [1.165, 1.54) is 6.92 Å². The summed E-state index contributed by atoms with van der Waals surface area (Å²) < 4.78 is 0. The topological polar surface area (TPSA) is 86.9 Å². The molecule has 0 spiro atoms. The zero-order valence-electron chi connectivity index (χ0n) is 12.6. The average Bonchev–Trinajstić information content (AvgIpc) is 3.03. The molecular formula is C17H16N4O2. The highest BCUT2D eigenvalue weighted by atomic mass is 16.2. The molecular weight excluding hydrogens is 292 g/mol. The van der Waals surface area contributed by atoms with Crippen molar-refractivity contribution in [3.63, 3.8) is 0 Å². The minimum Gasteiger partial charge on any atom is -0.359 e. The van der Waals surface area contributed by atoms with Crippen molar-refractivity contribution in [1.29, 1.82) is 0 Å². The van der Waals surface area contributed by atoms with E-state index in [1.807, 2.05) is 30.5 Å². The van der Waals surface area contributed by atoms with Gasteiger partial charge in [0, 0.05) is 30.3 Å². The molecule has 0 unspecified atom stereocenters. The lowest BCUT2D eigenvalue weighted by Gasteiger charge is -2.08. The lowest BCUT2D eigenvalue weighted by Crippen LogP contribution is -2.20. The fourth-order valence-electron chi connectivity index (χ4n) is 2.31. The third-order valence-electron chi connectivity index (χ3n) is 3.43. The third kappa shape index (κ3) is 3.37. The lowest BCUT2D eigenvalue weighted by molar-refractivity contribution is -0.119. The number of carbonyl (C=O) groups excluding carboxylic acids is 2. The highest BCUT2D eigenvalue weighted by molar-refractivity contribution is 6.08. The summed E-state index contributed by atoms with van der Waals surface area (Å²) in [6.45, 7) is 1.73. The van der Waals surface area contributed by atoms with Gasteiger partial charge in [-0.3, -0.25) is 14.6 Å². The van der Waals surface area contributed by atoms with Crippen LogP contribution in [-0.4, -0.2) is 21.8 Å². The van der Waals surface area contributed by atoms with Gasteiger partial charge in [0.1, 0.15) is 0 Å². The molecule has 3 aromatic rings. The monoisotopic (exact) mass is 308 g/mol. The number of hydrogen-bond donors (Lipinski definition) is 3. The maximum atomic E-state index is 12.4. The van der Waals surface area contributed by atoms with Crippen molar-refractivity contribution in [2.45, 2.75) is 13.5 Å². The Morgan fingerprint density at radius 3 is 2.91 bits per heavy atom. The van der Waals surface area contributed by atoms with Crippen LogP contribution in [0.25, 0.3) is 10.9 Å². The Labute approximate surface area is 132 Å². The molecule has 0 aliphatic heterocycles. The maximum Gasteiger partial charge on any atom is 0.255 e. The van der Waals surface area contributed by atoms with Crippen molar-refractivity contribution in [2.24, 2.45) is 0 Å². The van der Waals surface area contributed by atoms with E-state index in [1.54, 1.807) is 18.3 Å². The zero-order chi connectivity index (χ0) is 16.2. The van der Waals surface area contributed by atoms with E-state index in [4.69, 9.17) is 0 Å². The average molecular weight is 308 g/mol. The van der Waals surface area contributed by atoms with Crippen molar-refractivity contribution < 1.29 is 9.59 Å². The van der Waals surface area contributed by atoms with E-state index >= 15 is 0 Å². The Balaban J connectivity index is 1.79. The summed E-state index contributed by atoms with van der Waals surface area (Å²) in [5.41, 5.74) is 2.72. The smallest absolute Gasteiger partial charge is 0.255 e. The number of para-hydroxylation sites is 1. The standard InChI is InChI=1S/C17H16N4O2/c1-11(22)20-10-14-9-13(6-7-18-14)17(23)21-15-4-2-3-12-5-8-19-16(12)15/h2-9,19H,10H2,1H3,(H,20,22)(H,21,23). The molecule has 0 fully saturated rings. The first-order valence-corrected chi connectivity index (χ1v) is 7.20. The molecule has 0 radical (unpaired) electrons. The first kappa shape index (κ1) is 14.8. The molecule has 0 aliphatic carbocycles. The van der Waals surface area contributed by atoms with Crippen LogP contribution in [0.5, 0.6) is 0 Å². The maximum absolute atomic E-state index is 12.4. The number of aromatic amines is 1. The molecule has 6 nitrogen and oxygen atoms in total. The van der Waals surface area contributed by atoms with Gasteiger partial charge in [-0.1, -0.05) is 12.1 Å². The number of amides is 2. The molecule has 1 aromatic carbocycles. The van der Waals surface area contributed by atoms with Crippen molar-refractivity contribution >= 4 is 28.4 Å². The Kier molecular flexibility index (Phi) is 4.05. The highest BCUT2D eigenvalue weighted by Crippen LogP contribution is 2.22. The second-order valence-corrected chi connectivity index (χ2v) is 5.15. The molecule has 2 amide bonds. The molecule has 0 bridgehead atoms. The molecule has 0 aliphatic rings. The number of nitrogens with zero attached hydrogens (tertiary/aromatic N) is 1. The predicted octanol–water partition coefficient (Wildman–Crippen LogP) is 2.45. The van der Waals surface area contributed by atoms with E-state index < -0.39 is 0 Å². The number of H-pyrrole nitrogens is 1. The quantitative estimate of drug-likeness (QED) is 0.692. The molecule has 23 heavy (non-hydrogen) atoms. The summed E-state index contributed by atoms with van der Waals surface area (Å²) >= 11 is 0. The van der Waals surface area contributed by atoms with E-state index in [0.29, 0.717) is 17.8 Å². The van der Waals surface area contributed by atoms with Crippen LogP contribution in [0.15, 0.2) is 48.8 Å². The molecule has 3 N–H and O–H groups in total. The summed E-state index contributed by atoms with van der Waals surface area (Å²) in [7, 11) is 0. The van der Waals surface area contributed by atoms with E-state index in [2.05, 4.69) is 20.6 Å². The Morgan fingerprint density at radius 2 is 2.09 bits per heavy atom. The molecule has 3 rings (SSSR count). The molecule has 116 valence electrons. The number of hydrogen-bond acceptors (Lipinski definition) is 3.